The van der Waals surface area contributed by atoms with Gasteiger partial charge in [0.2, 0.25) is 0 Å². The Morgan fingerprint density at radius 1 is 1.28 bits per heavy atom. The quantitative estimate of drug-likeness (QED) is 0.750. The van der Waals surface area contributed by atoms with E-state index >= 15 is 0 Å². The van der Waals surface area contributed by atoms with Gasteiger partial charge in [-0.1, -0.05) is 11.2 Å². The van der Waals surface area contributed by atoms with Crippen LogP contribution in [0, 0.1) is 0 Å². The molecule has 0 bridgehead atoms. The van der Waals surface area contributed by atoms with Crippen LogP contribution >= 0.6 is 0 Å². The van der Waals surface area contributed by atoms with E-state index in [1.54, 1.807) is 0 Å². The van der Waals surface area contributed by atoms with Crippen molar-refractivity contribution in [2.45, 2.75) is 13.0 Å². The molecule has 0 spiro atoms. The van der Waals surface area contributed by atoms with Crippen molar-refractivity contribution in [1.82, 2.24) is 9.72 Å². The highest BCUT2D eigenvalue weighted by atomic mass is 16.5. The highest BCUT2D eigenvalue weighted by Gasteiger charge is 2.10. The molecule has 3 aromatic rings. The fraction of sp³-hybridized carbons (Fsp3) is 0.214. The zero-order valence-corrected chi connectivity index (χ0v) is 10.4. The van der Waals surface area contributed by atoms with E-state index in [4.69, 9.17) is 10.3 Å². The Morgan fingerprint density at radius 2 is 2.11 bits per heavy atom. The summed E-state index contributed by atoms with van der Waals surface area (Å²) in [6.07, 6.45) is 2.05. The number of benzene rings is 1. The maximum absolute atomic E-state index is 5.76. The number of aryl methyl sites for hydroxylation is 1. The van der Waals surface area contributed by atoms with Gasteiger partial charge in [0.25, 0.3) is 0 Å². The molecule has 2 heterocycles. The third-order valence-electron chi connectivity index (χ3n) is 3.16. The molecule has 1 atom stereocenters. The lowest BCUT2D eigenvalue weighted by Crippen LogP contribution is -2.02. The Balaban J connectivity index is 2.07. The fourth-order valence-corrected chi connectivity index (χ4v) is 2.08. The fourth-order valence-electron chi connectivity index (χ4n) is 2.08. The van der Waals surface area contributed by atoms with Crippen LogP contribution in [0.15, 0.2) is 41.1 Å². The van der Waals surface area contributed by atoms with E-state index in [1.165, 1.54) is 10.9 Å². The summed E-state index contributed by atoms with van der Waals surface area (Å²) in [6, 6.07) is 10.1. The second-order valence-corrected chi connectivity index (χ2v) is 4.60. The molecule has 92 valence electrons. The summed E-state index contributed by atoms with van der Waals surface area (Å²) in [5, 5.41) is 5.25. The molecule has 0 fully saturated rings. The number of nitrogens with two attached hydrogens (primary N) is 1. The Morgan fingerprint density at radius 3 is 2.83 bits per heavy atom. The first kappa shape index (κ1) is 11.0. The number of nitrogens with zero attached hydrogens (tertiary/aromatic N) is 2. The van der Waals surface area contributed by atoms with Gasteiger partial charge in [0.1, 0.15) is 5.69 Å². The van der Waals surface area contributed by atoms with Crippen LogP contribution in [0.2, 0.25) is 0 Å². The molecule has 0 amide bonds. The first-order chi connectivity index (χ1) is 8.65. The zero-order valence-electron chi connectivity index (χ0n) is 10.4. The summed E-state index contributed by atoms with van der Waals surface area (Å²) in [5.74, 6) is 0.707. The number of rotatable bonds is 2. The number of fused-ring (bicyclic) bond motifs is 1. The van der Waals surface area contributed by atoms with E-state index < -0.39 is 0 Å². The van der Waals surface area contributed by atoms with E-state index in [0.29, 0.717) is 5.76 Å². The van der Waals surface area contributed by atoms with Gasteiger partial charge in [-0.05, 0) is 25.1 Å². The second-order valence-electron chi connectivity index (χ2n) is 4.60. The van der Waals surface area contributed by atoms with Gasteiger partial charge in [-0.2, -0.15) is 0 Å². The topological polar surface area (TPSA) is 57.0 Å². The Labute approximate surface area is 105 Å². The first-order valence-corrected chi connectivity index (χ1v) is 5.93. The van der Waals surface area contributed by atoms with Crippen LogP contribution < -0.4 is 5.73 Å². The van der Waals surface area contributed by atoms with Crippen LogP contribution in [0.5, 0.6) is 0 Å². The predicted octanol–water partition coefficient (Wildman–Crippen LogP) is 2.85. The minimum atomic E-state index is -0.133. The van der Waals surface area contributed by atoms with E-state index in [0.717, 1.165) is 11.3 Å². The van der Waals surface area contributed by atoms with Gasteiger partial charge in [0, 0.05) is 35.8 Å². The molecule has 2 N–H and O–H groups in total. The van der Waals surface area contributed by atoms with Gasteiger partial charge >= 0.3 is 0 Å². The highest BCUT2D eigenvalue weighted by molar-refractivity contribution is 5.84. The summed E-state index contributed by atoms with van der Waals surface area (Å²) in [5.41, 5.74) is 8.84. The number of aromatic nitrogens is 2. The maximum atomic E-state index is 5.76. The zero-order chi connectivity index (χ0) is 12.7. The normalized spacial score (nSPS) is 13.1. The van der Waals surface area contributed by atoms with Crippen LogP contribution in [-0.4, -0.2) is 9.72 Å². The van der Waals surface area contributed by atoms with Crippen LogP contribution in [0.25, 0.3) is 22.2 Å². The first-order valence-electron chi connectivity index (χ1n) is 5.93. The molecule has 2 aromatic heterocycles. The second kappa shape index (κ2) is 3.99. The summed E-state index contributed by atoms with van der Waals surface area (Å²) >= 11 is 0. The summed E-state index contributed by atoms with van der Waals surface area (Å²) in [4.78, 5) is 0. The van der Waals surface area contributed by atoms with Crippen molar-refractivity contribution in [3.63, 3.8) is 0 Å². The van der Waals surface area contributed by atoms with Gasteiger partial charge in [-0.3, -0.25) is 0 Å². The van der Waals surface area contributed by atoms with Crippen molar-refractivity contribution in [2.75, 3.05) is 0 Å². The summed E-state index contributed by atoms with van der Waals surface area (Å²) in [6.45, 7) is 1.88. The van der Waals surface area contributed by atoms with Gasteiger partial charge in [-0.15, -0.1) is 0 Å². The smallest absolute Gasteiger partial charge is 0.153 e. The maximum Gasteiger partial charge on any atom is 0.153 e. The van der Waals surface area contributed by atoms with E-state index in [-0.39, 0.29) is 6.04 Å². The van der Waals surface area contributed by atoms with Crippen molar-refractivity contribution in [3.8, 4) is 11.3 Å². The Bertz CT molecular complexity index is 694. The Hall–Kier alpha value is -2.07. The van der Waals surface area contributed by atoms with E-state index in [2.05, 4.69) is 27.9 Å². The molecule has 0 aliphatic heterocycles. The Kier molecular flexibility index (Phi) is 2.45. The van der Waals surface area contributed by atoms with Gasteiger partial charge in [-0.25, -0.2) is 0 Å². The van der Waals surface area contributed by atoms with Crippen LogP contribution in [0.1, 0.15) is 18.7 Å². The lowest BCUT2D eigenvalue weighted by atomic mass is 10.1. The van der Waals surface area contributed by atoms with Gasteiger partial charge in [0.15, 0.2) is 5.76 Å². The lowest BCUT2D eigenvalue weighted by Gasteiger charge is -1.98. The summed E-state index contributed by atoms with van der Waals surface area (Å²) in [7, 11) is 2.03. The molecular weight excluding hydrogens is 226 g/mol. The molecule has 18 heavy (non-hydrogen) atoms. The third kappa shape index (κ3) is 1.71. The molecule has 0 aliphatic carbocycles. The number of hydrogen-bond acceptors (Lipinski definition) is 3. The molecule has 3 rings (SSSR count). The van der Waals surface area contributed by atoms with E-state index in [9.17, 15) is 0 Å². The van der Waals surface area contributed by atoms with Gasteiger partial charge in [0.05, 0.1) is 6.04 Å². The molecule has 0 saturated carbocycles. The lowest BCUT2D eigenvalue weighted by molar-refractivity contribution is 0.369. The minimum Gasteiger partial charge on any atom is -0.359 e. The van der Waals surface area contributed by atoms with Crippen LogP contribution in [0.4, 0.5) is 0 Å². The highest BCUT2D eigenvalue weighted by Crippen LogP contribution is 2.25. The molecule has 1 aromatic carbocycles. The molecule has 0 unspecified atom stereocenters. The average molecular weight is 241 g/mol. The monoisotopic (exact) mass is 241 g/mol. The summed E-state index contributed by atoms with van der Waals surface area (Å²) < 4.78 is 7.31. The van der Waals surface area contributed by atoms with Crippen molar-refractivity contribution in [2.24, 2.45) is 12.8 Å². The average Bonchev–Trinajstić information content (AvgIpc) is 2.96. The van der Waals surface area contributed by atoms with Crippen LogP contribution in [0.3, 0.4) is 0 Å². The molecule has 0 saturated heterocycles. The van der Waals surface area contributed by atoms with E-state index in [1.807, 2.05) is 32.3 Å². The van der Waals surface area contributed by atoms with Crippen molar-refractivity contribution in [1.29, 1.82) is 0 Å². The van der Waals surface area contributed by atoms with Crippen molar-refractivity contribution in [3.05, 3.63) is 42.3 Å². The van der Waals surface area contributed by atoms with Crippen molar-refractivity contribution < 1.29 is 4.52 Å². The molecule has 0 aliphatic rings. The minimum absolute atomic E-state index is 0.133. The van der Waals surface area contributed by atoms with Crippen molar-refractivity contribution >= 4 is 10.9 Å². The molecular formula is C14H15N3O. The SMILES string of the molecule is C[C@H](N)c1cc(-c2ccc3c(ccn3C)c2)no1. The molecule has 4 nitrogen and oxygen atoms in total. The predicted molar refractivity (Wildman–Crippen MR) is 71.0 cm³/mol. The number of hydrogen-bond donors (Lipinski definition) is 1. The van der Waals surface area contributed by atoms with Crippen LogP contribution in [-0.2, 0) is 7.05 Å². The third-order valence-corrected chi connectivity index (χ3v) is 3.16. The molecule has 4 heteroatoms. The standard InChI is InChI=1S/C14H15N3O/c1-9(15)14-8-12(16-18-14)10-3-4-13-11(7-10)5-6-17(13)2/h3-9H,15H2,1-2H3/t9-/m0/s1. The largest absolute Gasteiger partial charge is 0.359 e. The van der Waals surface area contributed by atoms with Gasteiger partial charge < -0.3 is 14.8 Å². The molecule has 0 radical (unpaired) electrons.